The molecule has 0 amide bonds. The topological polar surface area (TPSA) is 94.8 Å². The third kappa shape index (κ3) is 32.1. The lowest BCUT2D eigenvalue weighted by Crippen LogP contribution is -1.95. The zero-order valence-corrected chi connectivity index (χ0v) is 7.99. The third-order valence-electron chi connectivity index (χ3n) is 0.874. The molecule has 3 N–H and O–H groups in total. The number of ketones is 1. The van der Waals surface area contributed by atoms with Gasteiger partial charge in [0, 0.05) is 31.5 Å². The van der Waals surface area contributed by atoms with Gasteiger partial charge in [-0.15, -0.1) is 0 Å². The van der Waals surface area contributed by atoms with Gasteiger partial charge in [-0.1, -0.05) is 7.43 Å². The number of aliphatic hydroxyl groups is 2. The Bertz CT molecular complexity index is 281. The summed E-state index contributed by atoms with van der Waals surface area (Å²) in [6, 6.07) is 0. The molecular weight excluding hydrogens is 200 g/mol. The number of rotatable bonds is 6. The number of carbonyl (C=O) groups excluding carboxylic acids is 1. The molecule has 0 aliphatic heterocycles. The van der Waals surface area contributed by atoms with Crippen molar-refractivity contribution in [3.05, 3.63) is 0 Å². The summed E-state index contributed by atoms with van der Waals surface area (Å²) < 4.78 is 27.2. The Kier molecular flexibility index (Phi) is 10.9. The van der Waals surface area contributed by atoms with Crippen molar-refractivity contribution in [2.45, 2.75) is 39.9 Å². The molecule has 15 heavy (non-hydrogen) atoms. The summed E-state index contributed by atoms with van der Waals surface area (Å²) in [5.74, 6) is -1.77. The summed E-state index contributed by atoms with van der Waals surface area (Å²) in [4.78, 5) is 20.2. The van der Waals surface area contributed by atoms with E-state index in [1.54, 1.807) is 0 Å². The zero-order chi connectivity index (χ0) is 15.0. The molecule has 0 aromatic heterocycles. The quantitative estimate of drug-likeness (QED) is 0.623. The largest absolute Gasteiger partial charge is 0.481 e. The van der Waals surface area contributed by atoms with E-state index in [1.807, 2.05) is 0 Å². The van der Waals surface area contributed by atoms with Gasteiger partial charge in [0.1, 0.15) is 5.78 Å². The zero-order valence-electron chi connectivity index (χ0n) is 12.0. The van der Waals surface area contributed by atoms with Gasteiger partial charge in [-0.05, 0) is 19.7 Å². The highest BCUT2D eigenvalue weighted by Gasteiger charge is 1.91. The minimum absolute atomic E-state index is 0. The van der Waals surface area contributed by atoms with Crippen molar-refractivity contribution in [2.24, 2.45) is 0 Å². The molecule has 0 aromatic carbocycles. The van der Waals surface area contributed by atoms with Crippen LogP contribution in [-0.2, 0) is 9.59 Å². The standard InChI is InChI=1S/C5H10O2.C4H8O3.CH4/c1-5(7)3-2-4-6;5-3-1-2-4(6)7;/h6H,2-4H2,1H3;5H,1-3H2,(H,6,7);1H4/i2*2D2;. The SMILES string of the molecule is C.[2H]C([2H])(CCO)C(=O)O.[2H]C([2H])(CO)CC(C)=O. The molecule has 0 bridgehead atoms. The Balaban J connectivity index is -0.000000256. The van der Waals surface area contributed by atoms with Crippen LogP contribution in [0.4, 0.5) is 0 Å². The van der Waals surface area contributed by atoms with E-state index < -0.39 is 31.9 Å². The first-order chi connectivity index (χ1) is 7.98. The Morgan fingerprint density at radius 1 is 1.27 bits per heavy atom. The van der Waals surface area contributed by atoms with Gasteiger partial charge in [0.2, 0.25) is 0 Å². The number of aliphatic hydroxyl groups excluding tert-OH is 2. The average molecular weight is 226 g/mol. The summed E-state index contributed by atoms with van der Waals surface area (Å²) in [6.07, 6.45) is -4.58. The Labute approximate surface area is 96.4 Å². The molecule has 0 saturated carbocycles. The maximum Gasteiger partial charge on any atom is 0.303 e. The molecule has 5 heteroatoms. The number of hydrogen-bond acceptors (Lipinski definition) is 4. The average Bonchev–Trinajstić information content (AvgIpc) is 2.16. The van der Waals surface area contributed by atoms with E-state index in [0.717, 1.165) is 0 Å². The number of Topliss-reactive ketones (excluding diaryl/α,β-unsaturated/α-hetero) is 1. The first kappa shape index (κ1) is 10.6. The fourth-order valence-electron chi connectivity index (χ4n) is 0.395. The van der Waals surface area contributed by atoms with Crippen LogP contribution in [0.2, 0.25) is 0 Å². The van der Waals surface area contributed by atoms with Crippen molar-refractivity contribution >= 4 is 11.8 Å². The lowest BCUT2D eigenvalue weighted by atomic mass is 10.2. The number of carbonyl (C=O) groups is 2. The van der Waals surface area contributed by atoms with Crippen LogP contribution < -0.4 is 0 Å². The van der Waals surface area contributed by atoms with Crippen molar-refractivity contribution in [3.8, 4) is 0 Å². The van der Waals surface area contributed by atoms with Gasteiger partial charge in [-0.2, -0.15) is 0 Å². The monoisotopic (exact) mass is 226 g/mol. The third-order valence-corrected chi connectivity index (χ3v) is 0.874. The van der Waals surface area contributed by atoms with Crippen LogP contribution in [0, 0.1) is 0 Å². The van der Waals surface area contributed by atoms with Crippen LogP contribution in [-0.4, -0.2) is 40.3 Å². The number of carboxylic acids is 1. The maximum absolute atomic E-state index is 10.3. The van der Waals surface area contributed by atoms with Crippen molar-refractivity contribution in [2.75, 3.05) is 13.2 Å². The Morgan fingerprint density at radius 3 is 1.93 bits per heavy atom. The molecule has 0 unspecified atom stereocenters. The summed E-state index contributed by atoms with van der Waals surface area (Å²) in [5.41, 5.74) is 0. The van der Waals surface area contributed by atoms with Crippen molar-refractivity contribution in [1.29, 1.82) is 0 Å². The highest BCUT2D eigenvalue weighted by atomic mass is 16.4. The van der Waals surface area contributed by atoms with Crippen molar-refractivity contribution in [3.63, 3.8) is 0 Å². The van der Waals surface area contributed by atoms with Gasteiger partial charge in [0.15, 0.2) is 0 Å². The second-order valence-electron chi connectivity index (χ2n) is 2.24. The van der Waals surface area contributed by atoms with E-state index in [1.165, 1.54) is 6.92 Å². The molecule has 0 spiro atoms. The molecular formula is C10H22O5. The van der Waals surface area contributed by atoms with E-state index in [2.05, 4.69) is 0 Å². The molecule has 0 saturated heterocycles. The Morgan fingerprint density at radius 2 is 1.80 bits per heavy atom. The van der Waals surface area contributed by atoms with Gasteiger partial charge in [-0.3, -0.25) is 4.79 Å². The van der Waals surface area contributed by atoms with E-state index in [0.29, 0.717) is 0 Å². The minimum Gasteiger partial charge on any atom is -0.481 e. The van der Waals surface area contributed by atoms with Crippen LogP contribution in [0.1, 0.15) is 45.4 Å². The lowest BCUT2D eigenvalue weighted by Gasteiger charge is -1.86. The predicted octanol–water partition coefficient (Wildman–Crippen LogP) is 0.827. The first-order valence-electron chi connectivity index (χ1n) is 5.93. The number of carboxylic acid groups (broad SMARTS) is 1. The van der Waals surface area contributed by atoms with E-state index in [-0.39, 0.29) is 26.1 Å². The van der Waals surface area contributed by atoms with Gasteiger partial charge in [-0.25, -0.2) is 0 Å². The highest BCUT2D eigenvalue weighted by Crippen LogP contribution is 1.85. The minimum atomic E-state index is -2.28. The van der Waals surface area contributed by atoms with Crippen molar-refractivity contribution < 1.29 is 30.4 Å². The highest BCUT2D eigenvalue weighted by molar-refractivity contribution is 5.75. The summed E-state index contributed by atoms with van der Waals surface area (Å²) in [5, 5.41) is 24.5. The molecule has 0 heterocycles. The van der Waals surface area contributed by atoms with E-state index in [9.17, 15) is 9.59 Å². The molecule has 0 aromatic rings. The smallest absolute Gasteiger partial charge is 0.303 e. The second-order valence-corrected chi connectivity index (χ2v) is 2.24. The predicted molar refractivity (Wildman–Crippen MR) is 57.7 cm³/mol. The van der Waals surface area contributed by atoms with Gasteiger partial charge in [0.05, 0.1) is 0 Å². The van der Waals surface area contributed by atoms with Crippen LogP contribution in [0.3, 0.4) is 0 Å². The van der Waals surface area contributed by atoms with Gasteiger partial charge >= 0.3 is 5.97 Å². The summed E-state index contributed by atoms with van der Waals surface area (Å²) >= 11 is 0. The maximum atomic E-state index is 10.3. The molecule has 0 radical (unpaired) electrons. The number of aliphatic carboxylic acids is 1. The molecule has 0 atom stereocenters. The second kappa shape index (κ2) is 15.5. The normalized spacial score (nSPS) is 14.1. The lowest BCUT2D eigenvalue weighted by molar-refractivity contribution is -0.137. The molecule has 92 valence electrons. The molecule has 0 rings (SSSR count). The summed E-state index contributed by atoms with van der Waals surface area (Å²) in [7, 11) is 0. The molecule has 0 fully saturated rings. The number of hydrogen-bond donors (Lipinski definition) is 3. The van der Waals surface area contributed by atoms with Crippen LogP contribution in [0.15, 0.2) is 0 Å². The van der Waals surface area contributed by atoms with Gasteiger partial charge < -0.3 is 20.1 Å². The molecule has 0 aliphatic rings. The van der Waals surface area contributed by atoms with Gasteiger partial charge in [0.25, 0.3) is 0 Å². The van der Waals surface area contributed by atoms with Crippen LogP contribution in [0.25, 0.3) is 0 Å². The van der Waals surface area contributed by atoms with Crippen LogP contribution in [0.5, 0.6) is 0 Å². The fraction of sp³-hybridized carbons (Fsp3) is 0.800. The molecule has 5 nitrogen and oxygen atoms in total. The van der Waals surface area contributed by atoms with E-state index >= 15 is 0 Å². The summed E-state index contributed by atoms with van der Waals surface area (Å²) in [6.45, 7) is 0.263. The first-order valence-corrected chi connectivity index (χ1v) is 3.93. The van der Waals surface area contributed by atoms with Crippen molar-refractivity contribution in [1.82, 2.24) is 0 Å². The fourth-order valence-corrected chi connectivity index (χ4v) is 0.395. The van der Waals surface area contributed by atoms with E-state index in [4.69, 9.17) is 20.8 Å². The molecule has 0 aliphatic carbocycles. The van der Waals surface area contributed by atoms with Crippen LogP contribution >= 0.6 is 0 Å². The Hall–Kier alpha value is -0.940.